The molecule has 0 radical (unpaired) electrons. The van der Waals surface area contributed by atoms with E-state index < -0.39 is 0 Å². The number of hydrazine groups is 1. The fraction of sp³-hybridized carbons (Fsp3) is 0.375. The second kappa shape index (κ2) is 4.20. The van der Waals surface area contributed by atoms with E-state index in [1.165, 1.54) is 6.33 Å². The minimum atomic E-state index is -0.262. The Morgan fingerprint density at radius 1 is 1.60 bits per heavy atom. The number of rotatable bonds is 4. The van der Waals surface area contributed by atoms with Gasteiger partial charge in [0.25, 0.3) is 0 Å². The molecule has 0 amide bonds. The molecule has 15 heavy (non-hydrogen) atoms. The van der Waals surface area contributed by atoms with Crippen LogP contribution in [-0.4, -0.2) is 24.7 Å². The van der Waals surface area contributed by atoms with E-state index in [0.29, 0.717) is 5.82 Å². The Balaban J connectivity index is 2.35. The van der Waals surface area contributed by atoms with Crippen LogP contribution >= 0.6 is 0 Å². The molecule has 0 saturated carbocycles. The van der Waals surface area contributed by atoms with Gasteiger partial charge in [0.05, 0.1) is 0 Å². The van der Waals surface area contributed by atoms with E-state index in [2.05, 4.69) is 25.6 Å². The van der Waals surface area contributed by atoms with Crippen molar-refractivity contribution in [1.82, 2.24) is 30.2 Å². The number of aromatic nitrogens is 5. The molecule has 0 aliphatic heterocycles. The van der Waals surface area contributed by atoms with Gasteiger partial charge in [-0.15, -0.1) is 0 Å². The van der Waals surface area contributed by atoms with Gasteiger partial charge in [0.15, 0.2) is 5.82 Å². The lowest BCUT2D eigenvalue weighted by molar-refractivity contribution is 0.539. The molecule has 0 bridgehead atoms. The monoisotopic (exact) mass is 207 g/mol. The van der Waals surface area contributed by atoms with E-state index in [1.807, 2.05) is 17.7 Å². The highest BCUT2D eigenvalue weighted by atomic mass is 15.3. The lowest BCUT2D eigenvalue weighted by atomic mass is 10.2. The van der Waals surface area contributed by atoms with Crippen LogP contribution in [-0.2, 0) is 6.54 Å². The molecule has 0 spiro atoms. The largest absolute Gasteiger partial charge is 0.333 e. The lowest BCUT2D eigenvalue weighted by Gasteiger charge is -2.13. The molecule has 2 rings (SSSR count). The number of nitrogens with zero attached hydrogens (tertiary/aromatic N) is 4. The van der Waals surface area contributed by atoms with Crippen LogP contribution in [0.25, 0.3) is 0 Å². The second-order valence-corrected chi connectivity index (χ2v) is 3.04. The van der Waals surface area contributed by atoms with Crippen LogP contribution in [0.4, 0.5) is 0 Å². The third-order valence-electron chi connectivity index (χ3n) is 2.22. The van der Waals surface area contributed by atoms with Crippen LogP contribution in [0.3, 0.4) is 0 Å². The first-order chi connectivity index (χ1) is 7.36. The number of aromatic amines is 1. The summed E-state index contributed by atoms with van der Waals surface area (Å²) in [6, 6.07) is -0.262. The molecule has 0 fully saturated rings. The third kappa shape index (κ3) is 1.74. The van der Waals surface area contributed by atoms with Gasteiger partial charge in [0, 0.05) is 18.9 Å². The molecule has 0 aliphatic rings. The van der Waals surface area contributed by atoms with Gasteiger partial charge in [-0.2, -0.15) is 5.10 Å². The number of nitrogens with one attached hydrogen (secondary N) is 2. The van der Waals surface area contributed by atoms with E-state index in [0.717, 1.165) is 12.4 Å². The smallest absolute Gasteiger partial charge is 0.150 e. The van der Waals surface area contributed by atoms with Crippen molar-refractivity contribution in [1.29, 1.82) is 0 Å². The average Bonchev–Trinajstić information content (AvgIpc) is 2.89. The number of hydrogen-bond acceptors (Lipinski definition) is 5. The molecule has 2 aromatic heterocycles. The van der Waals surface area contributed by atoms with Gasteiger partial charge in [-0.1, -0.05) is 0 Å². The van der Waals surface area contributed by atoms with Crippen molar-refractivity contribution in [3.63, 3.8) is 0 Å². The summed E-state index contributed by atoms with van der Waals surface area (Å²) in [4.78, 5) is 8.30. The Morgan fingerprint density at radius 2 is 2.47 bits per heavy atom. The first-order valence-corrected chi connectivity index (χ1v) is 4.69. The maximum Gasteiger partial charge on any atom is 0.150 e. The van der Waals surface area contributed by atoms with Crippen LogP contribution in [0.5, 0.6) is 0 Å². The van der Waals surface area contributed by atoms with Gasteiger partial charge in [-0.25, -0.2) is 15.4 Å². The molecule has 80 valence electrons. The Kier molecular flexibility index (Phi) is 2.75. The zero-order valence-electron chi connectivity index (χ0n) is 8.38. The normalized spacial score (nSPS) is 12.9. The van der Waals surface area contributed by atoms with E-state index in [4.69, 9.17) is 5.84 Å². The van der Waals surface area contributed by atoms with E-state index >= 15 is 0 Å². The molecule has 7 nitrogen and oxygen atoms in total. The SMILES string of the molecule is CCn1ccnc1C(NN)c1ncn[nH]1. The van der Waals surface area contributed by atoms with Crippen molar-refractivity contribution >= 4 is 0 Å². The van der Waals surface area contributed by atoms with Crippen molar-refractivity contribution in [2.45, 2.75) is 19.5 Å². The first-order valence-electron chi connectivity index (χ1n) is 4.69. The summed E-state index contributed by atoms with van der Waals surface area (Å²) in [5, 5.41) is 6.56. The first kappa shape index (κ1) is 9.81. The van der Waals surface area contributed by atoms with Crippen LogP contribution in [0.15, 0.2) is 18.7 Å². The topological polar surface area (TPSA) is 97.4 Å². The molecule has 0 aromatic carbocycles. The van der Waals surface area contributed by atoms with Crippen LogP contribution in [0.1, 0.15) is 24.6 Å². The van der Waals surface area contributed by atoms with E-state index in [9.17, 15) is 0 Å². The molecule has 4 N–H and O–H groups in total. The summed E-state index contributed by atoms with van der Waals surface area (Å²) < 4.78 is 1.99. The summed E-state index contributed by atoms with van der Waals surface area (Å²) in [5.74, 6) is 6.96. The fourth-order valence-electron chi connectivity index (χ4n) is 1.48. The quantitative estimate of drug-likeness (QED) is 0.467. The minimum Gasteiger partial charge on any atom is -0.333 e. The van der Waals surface area contributed by atoms with Gasteiger partial charge in [0.2, 0.25) is 0 Å². The third-order valence-corrected chi connectivity index (χ3v) is 2.22. The second-order valence-electron chi connectivity index (χ2n) is 3.04. The average molecular weight is 207 g/mol. The maximum absolute atomic E-state index is 5.49. The summed E-state index contributed by atoms with van der Waals surface area (Å²) in [6.45, 7) is 2.88. The summed E-state index contributed by atoms with van der Waals surface area (Å²) in [5.41, 5.74) is 2.66. The zero-order valence-corrected chi connectivity index (χ0v) is 8.38. The Morgan fingerprint density at radius 3 is 3.07 bits per heavy atom. The Labute approximate surface area is 86.7 Å². The fourth-order valence-corrected chi connectivity index (χ4v) is 1.48. The van der Waals surface area contributed by atoms with E-state index in [-0.39, 0.29) is 6.04 Å². The van der Waals surface area contributed by atoms with Crippen molar-refractivity contribution in [2.75, 3.05) is 0 Å². The molecule has 0 saturated heterocycles. The van der Waals surface area contributed by atoms with Gasteiger partial charge in [-0.05, 0) is 6.92 Å². The molecular weight excluding hydrogens is 194 g/mol. The van der Waals surface area contributed by atoms with Crippen LogP contribution in [0.2, 0.25) is 0 Å². The summed E-state index contributed by atoms with van der Waals surface area (Å²) in [7, 11) is 0. The molecule has 1 unspecified atom stereocenters. The number of H-pyrrole nitrogens is 1. The molecular formula is C8H13N7. The van der Waals surface area contributed by atoms with E-state index in [1.54, 1.807) is 6.20 Å². The van der Waals surface area contributed by atoms with Crippen molar-refractivity contribution < 1.29 is 0 Å². The van der Waals surface area contributed by atoms with Crippen LogP contribution < -0.4 is 11.3 Å². The van der Waals surface area contributed by atoms with Gasteiger partial charge < -0.3 is 4.57 Å². The highest BCUT2D eigenvalue weighted by Crippen LogP contribution is 2.15. The lowest BCUT2D eigenvalue weighted by Crippen LogP contribution is -2.31. The number of aryl methyl sites for hydroxylation is 1. The Bertz CT molecular complexity index is 404. The highest BCUT2D eigenvalue weighted by molar-refractivity contribution is 5.09. The highest BCUT2D eigenvalue weighted by Gasteiger charge is 2.19. The molecule has 2 aromatic rings. The zero-order chi connectivity index (χ0) is 10.7. The maximum atomic E-state index is 5.49. The van der Waals surface area contributed by atoms with Crippen molar-refractivity contribution in [2.24, 2.45) is 5.84 Å². The molecule has 7 heteroatoms. The van der Waals surface area contributed by atoms with Crippen LogP contribution in [0, 0.1) is 0 Å². The van der Waals surface area contributed by atoms with Gasteiger partial charge in [-0.3, -0.25) is 10.9 Å². The molecule has 2 heterocycles. The number of nitrogens with two attached hydrogens (primary N) is 1. The predicted molar refractivity (Wildman–Crippen MR) is 53.4 cm³/mol. The predicted octanol–water partition coefficient (Wildman–Crippen LogP) is -0.426. The van der Waals surface area contributed by atoms with Gasteiger partial charge in [0.1, 0.15) is 18.2 Å². The van der Waals surface area contributed by atoms with Gasteiger partial charge >= 0.3 is 0 Å². The summed E-state index contributed by atoms with van der Waals surface area (Å²) in [6.07, 6.45) is 5.08. The molecule has 0 aliphatic carbocycles. The minimum absolute atomic E-state index is 0.262. The molecule has 1 atom stereocenters. The summed E-state index contributed by atoms with van der Waals surface area (Å²) >= 11 is 0. The van der Waals surface area contributed by atoms with Crippen molar-refractivity contribution in [3.05, 3.63) is 30.4 Å². The van der Waals surface area contributed by atoms with Crippen molar-refractivity contribution in [3.8, 4) is 0 Å². The number of imidazole rings is 1. The standard InChI is InChI=1S/C8H13N7/c1-2-15-4-3-10-8(15)6(13-9)7-11-5-12-14-7/h3-6,13H,2,9H2,1H3,(H,11,12,14). The number of hydrogen-bond donors (Lipinski definition) is 3. The Hall–Kier alpha value is -1.73.